The van der Waals surface area contributed by atoms with Crippen molar-refractivity contribution >= 4 is 17.3 Å². The molecule has 0 amide bonds. The van der Waals surface area contributed by atoms with Gasteiger partial charge in [-0.2, -0.15) is 0 Å². The Morgan fingerprint density at radius 2 is 1.91 bits per heavy atom. The molecule has 0 atom stereocenters. The van der Waals surface area contributed by atoms with Crippen LogP contribution in [0.5, 0.6) is 0 Å². The third-order valence-electron chi connectivity index (χ3n) is 6.80. The highest BCUT2D eigenvalue weighted by atomic mass is 16.1. The van der Waals surface area contributed by atoms with E-state index in [1.807, 2.05) is 30.3 Å². The average Bonchev–Trinajstić information content (AvgIpc) is 3.54. The maximum atomic E-state index is 13.0. The third kappa shape index (κ3) is 5.33. The Bertz CT molecular complexity index is 1330. The summed E-state index contributed by atoms with van der Waals surface area (Å²) in [6.45, 7) is 0.819. The molecule has 2 saturated carbocycles. The van der Waals surface area contributed by atoms with E-state index < -0.39 is 5.78 Å². The van der Waals surface area contributed by atoms with Crippen molar-refractivity contribution in [3.05, 3.63) is 81.5 Å². The zero-order valence-electron chi connectivity index (χ0n) is 19.6. The Balaban J connectivity index is 0.00000190. The number of aromatic amines is 1. The SMILES string of the molecule is NC(=CC(=O)c1nc(-c2c[nH]c(=O)c(C3CCCC3)c2)cnc1N)c1ccc(CNC2CC2)cc1.[HH].[HH]. The molecule has 2 aliphatic carbocycles. The minimum Gasteiger partial charge on any atom is -0.398 e. The van der Waals surface area contributed by atoms with Crippen molar-refractivity contribution in [2.75, 3.05) is 5.73 Å². The van der Waals surface area contributed by atoms with Crippen LogP contribution in [0.3, 0.4) is 0 Å². The Morgan fingerprint density at radius 3 is 2.63 bits per heavy atom. The van der Waals surface area contributed by atoms with Gasteiger partial charge in [0.25, 0.3) is 5.56 Å². The van der Waals surface area contributed by atoms with Gasteiger partial charge in [-0.3, -0.25) is 9.59 Å². The average molecular weight is 475 g/mol. The molecule has 2 aromatic heterocycles. The summed E-state index contributed by atoms with van der Waals surface area (Å²) in [6.07, 6.45) is 11.2. The molecule has 184 valence electrons. The molecule has 0 spiro atoms. The molecular weight excluding hydrogens is 440 g/mol. The van der Waals surface area contributed by atoms with Crippen LogP contribution in [0.15, 0.2) is 53.6 Å². The van der Waals surface area contributed by atoms with E-state index in [1.165, 1.54) is 30.7 Å². The number of nitrogens with one attached hydrogen (secondary N) is 2. The van der Waals surface area contributed by atoms with E-state index in [0.29, 0.717) is 23.0 Å². The van der Waals surface area contributed by atoms with Crippen LogP contribution in [0, 0.1) is 0 Å². The fraction of sp³-hybridized carbons (Fsp3) is 0.333. The molecule has 1 aromatic carbocycles. The summed E-state index contributed by atoms with van der Waals surface area (Å²) in [5, 5.41) is 3.47. The molecule has 2 heterocycles. The van der Waals surface area contributed by atoms with Gasteiger partial charge in [0.05, 0.1) is 11.9 Å². The van der Waals surface area contributed by atoms with Crippen molar-refractivity contribution in [1.82, 2.24) is 20.3 Å². The number of allylic oxidation sites excluding steroid dienone is 1. The predicted octanol–water partition coefficient (Wildman–Crippen LogP) is 4.00. The second kappa shape index (κ2) is 9.84. The third-order valence-corrected chi connectivity index (χ3v) is 6.80. The molecule has 0 saturated heterocycles. The molecule has 2 fully saturated rings. The summed E-state index contributed by atoms with van der Waals surface area (Å²) in [5.41, 5.74) is 16.3. The molecule has 2 aliphatic rings. The van der Waals surface area contributed by atoms with Gasteiger partial charge in [-0.1, -0.05) is 37.1 Å². The number of H-pyrrole nitrogens is 1. The van der Waals surface area contributed by atoms with Crippen LogP contribution in [0.25, 0.3) is 17.0 Å². The number of nitrogen functional groups attached to an aromatic ring is 1. The van der Waals surface area contributed by atoms with Crippen LogP contribution in [0.1, 0.15) is 74.5 Å². The molecule has 3 aromatic rings. The Morgan fingerprint density at radius 1 is 1.17 bits per heavy atom. The topological polar surface area (TPSA) is 140 Å². The summed E-state index contributed by atoms with van der Waals surface area (Å²) in [7, 11) is 0. The number of carbonyl (C=O) groups is 1. The van der Waals surface area contributed by atoms with Crippen LogP contribution in [0.4, 0.5) is 5.82 Å². The van der Waals surface area contributed by atoms with Crippen molar-refractivity contribution in [2.45, 2.75) is 57.0 Å². The highest BCUT2D eigenvalue weighted by molar-refractivity contribution is 6.09. The quantitative estimate of drug-likeness (QED) is 0.286. The zero-order chi connectivity index (χ0) is 24.4. The summed E-state index contributed by atoms with van der Waals surface area (Å²) in [6, 6.07) is 10.3. The lowest BCUT2D eigenvalue weighted by atomic mass is 9.97. The van der Waals surface area contributed by atoms with E-state index in [-0.39, 0.29) is 25.8 Å². The molecule has 5 rings (SSSR count). The second-order valence-corrected chi connectivity index (χ2v) is 9.46. The van der Waals surface area contributed by atoms with Crippen molar-refractivity contribution in [2.24, 2.45) is 5.73 Å². The minimum atomic E-state index is -0.422. The Labute approximate surface area is 206 Å². The molecule has 0 unspecified atom stereocenters. The highest BCUT2D eigenvalue weighted by Gasteiger charge is 2.22. The van der Waals surface area contributed by atoms with Crippen molar-refractivity contribution in [3.63, 3.8) is 0 Å². The van der Waals surface area contributed by atoms with Crippen LogP contribution < -0.4 is 22.3 Å². The number of carbonyl (C=O) groups excluding carboxylic acids is 1. The summed E-state index contributed by atoms with van der Waals surface area (Å²) in [4.78, 5) is 36.9. The number of pyridine rings is 1. The number of hydrogen-bond acceptors (Lipinski definition) is 7. The number of rotatable bonds is 8. The lowest BCUT2D eigenvalue weighted by Gasteiger charge is -2.11. The van der Waals surface area contributed by atoms with Gasteiger partial charge >= 0.3 is 0 Å². The Hall–Kier alpha value is -3.78. The van der Waals surface area contributed by atoms with Gasteiger partial charge in [0.2, 0.25) is 5.78 Å². The standard InChI is InChI=1S/C27H30N6O2.2H2/c28-22(18-7-5-16(6-8-18)13-30-20-9-10-20)12-24(34)25-26(29)31-15-23(33-25)19-11-21(27(35)32-14-19)17-3-1-2-4-17;;/h5-8,11-12,14-15,17,20,30H,1-4,9-10,13,28H2,(H2,29,31)(H,32,35);2*1H. The van der Waals surface area contributed by atoms with E-state index in [2.05, 4.69) is 20.3 Å². The smallest absolute Gasteiger partial charge is 0.251 e. The first-order chi connectivity index (χ1) is 17.0. The number of nitrogens with zero attached hydrogens (tertiary/aromatic N) is 2. The molecule has 6 N–H and O–H groups in total. The van der Waals surface area contributed by atoms with E-state index in [4.69, 9.17) is 11.5 Å². The molecule has 8 nitrogen and oxygen atoms in total. The minimum absolute atomic E-state index is 0. The summed E-state index contributed by atoms with van der Waals surface area (Å²) >= 11 is 0. The lowest BCUT2D eigenvalue weighted by molar-refractivity contribution is 0.104. The van der Waals surface area contributed by atoms with Gasteiger partial charge < -0.3 is 21.8 Å². The molecule has 0 aliphatic heterocycles. The molecular formula is C27H34N6O2. The fourth-order valence-corrected chi connectivity index (χ4v) is 4.57. The van der Waals surface area contributed by atoms with Crippen molar-refractivity contribution < 1.29 is 7.65 Å². The van der Waals surface area contributed by atoms with Crippen LogP contribution in [-0.4, -0.2) is 26.8 Å². The van der Waals surface area contributed by atoms with Crippen LogP contribution in [0.2, 0.25) is 0 Å². The number of hydrogen-bond donors (Lipinski definition) is 4. The van der Waals surface area contributed by atoms with Gasteiger partial charge in [0.15, 0.2) is 11.5 Å². The fourth-order valence-electron chi connectivity index (χ4n) is 4.57. The predicted molar refractivity (Wildman–Crippen MR) is 141 cm³/mol. The van der Waals surface area contributed by atoms with Crippen molar-refractivity contribution in [1.29, 1.82) is 0 Å². The first-order valence-corrected chi connectivity index (χ1v) is 12.2. The molecule has 0 radical (unpaired) electrons. The maximum Gasteiger partial charge on any atom is 0.251 e. The van der Waals surface area contributed by atoms with E-state index >= 15 is 0 Å². The number of anilines is 1. The molecule has 0 bridgehead atoms. The maximum absolute atomic E-state index is 13.0. The zero-order valence-corrected chi connectivity index (χ0v) is 19.6. The molecule has 35 heavy (non-hydrogen) atoms. The van der Waals surface area contributed by atoms with E-state index in [9.17, 15) is 9.59 Å². The first-order valence-electron chi connectivity index (χ1n) is 12.2. The van der Waals surface area contributed by atoms with Gasteiger partial charge in [-0.05, 0) is 48.8 Å². The van der Waals surface area contributed by atoms with Crippen molar-refractivity contribution in [3.8, 4) is 11.3 Å². The normalized spacial score (nSPS) is 16.5. The first kappa shape index (κ1) is 23.0. The Kier molecular flexibility index (Phi) is 6.46. The van der Waals surface area contributed by atoms with Gasteiger partial charge in [-0.25, -0.2) is 9.97 Å². The highest BCUT2D eigenvalue weighted by Crippen LogP contribution is 2.33. The van der Waals surface area contributed by atoms with Gasteiger partial charge in [0, 0.05) is 44.5 Å². The van der Waals surface area contributed by atoms with Crippen LogP contribution in [-0.2, 0) is 6.54 Å². The van der Waals surface area contributed by atoms with Crippen LogP contribution >= 0.6 is 0 Å². The second-order valence-electron chi connectivity index (χ2n) is 9.46. The number of ketones is 1. The van der Waals surface area contributed by atoms with Gasteiger partial charge in [0.1, 0.15) is 0 Å². The van der Waals surface area contributed by atoms with E-state index in [1.54, 1.807) is 6.20 Å². The number of aromatic nitrogens is 3. The summed E-state index contributed by atoms with van der Waals surface area (Å²) < 4.78 is 0. The van der Waals surface area contributed by atoms with E-state index in [0.717, 1.165) is 43.4 Å². The lowest BCUT2D eigenvalue weighted by Crippen LogP contribution is -2.15. The number of benzene rings is 1. The molecule has 8 heteroatoms. The summed E-state index contributed by atoms with van der Waals surface area (Å²) in [5.74, 6) is -0.140. The van der Waals surface area contributed by atoms with Gasteiger partial charge in [-0.15, -0.1) is 0 Å². The number of nitrogens with two attached hydrogens (primary N) is 2. The monoisotopic (exact) mass is 474 g/mol. The largest absolute Gasteiger partial charge is 0.398 e.